The van der Waals surface area contributed by atoms with E-state index in [9.17, 15) is 14.4 Å². The number of carbonyl (C=O) groups is 3. The van der Waals surface area contributed by atoms with Crippen LogP contribution in [0.15, 0.2) is 41.8 Å². The van der Waals surface area contributed by atoms with Crippen molar-refractivity contribution in [3.05, 3.63) is 52.2 Å². The second-order valence-electron chi connectivity index (χ2n) is 7.45. The van der Waals surface area contributed by atoms with Crippen molar-refractivity contribution in [2.75, 3.05) is 39.8 Å². The zero-order valence-electron chi connectivity index (χ0n) is 17.8. The predicted molar refractivity (Wildman–Crippen MR) is 120 cm³/mol. The molecule has 1 aromatic heterocycles. The quantitative estimate of drug-likeness (QED) is 0.604. The monoisotopic (exact) mass is 443 g/mol. The standard InChI is InChI=1S/C23H29N3O4S/c1-30-19-9-6-18(7-10-19)8-11-22(28)26-15-13-25(14-16-26)21(27)5-2-12-24-23(29)20-4-3-17-31-20/h3-4,6-7,9-10,17H,2,5,8,11-16H2,1H3,(H,24,29). The molecular weight excluding hydrogens is 414 g/mol. The Balaban J connectivity index is 1.31. The zero-order chi connectivity index (χ0) is 22.1. The van der Waals surface area contributed by atoms with Crippen molar-refractivity contribution >= 4 is 29.1 Å². The Kier molecular flexibility index (Phi) is 8.46. The average molecular weight is 444 g/mol. The van der Waals surface area contributed by atoms with Gasteiger partial charge in [-0.15, -0.1) is 11.3 Å². The number of benzene rings is 1. The molecule has 1 aromatic carbocycles. The molecule has 0 bridgehead atoms. The van der Waals surface area contributed by atoms with Crippen LogP contribution < -0.4 is 10.1 Å². The summed E-state index contributed by atoms with van der Waals surface area (Å²) in [4.78, 5) is 41.1. The molecule has 1 aliphatic heterocycles. The highest BCUT2D eigenvalue weighted by Gasteiger charge is 2.23. The van der Waals surface area contributed by atoms with Gasteiger partial charge in [-0.05, 0) is 42.0 Å². The molecule has 166 valence electrons. The number of methoxy groups -OCH3 is 1. The topological polar surface area (TPSA) is 79.0 Å². The molecule has 0 unspecified atom stereocenters. The molecule has 0 spiro atoms. The van der Waals surface area contributed by atoms with Gasteiger partial charge in [0.05, 0.1) is 12.0 Å². The van der Waals surface area contributed by atoms with E-state index in [0.717, 1.165) is 11.3 Å². The number of thiophene rings is 1. The van der Waals surface area contributed by atoms with Crippen LogP contribution in [0, 0.1) is 0 Å². The van der Waals surface area contributed by atoms with Gasteiger partial charge in [0.2, 0.25) is 11.8 Å². The Morgan fingerprint density at radius 1 is 0.968 bits per heavy atom. The van der Waals surface area contributed by atoms with E-state index in [1.807, 2.05) is 45.5 Å². The molecule has 1 saturated heterocycles. The van der Waals surface area contributed by atoms with Gasteiger partial charge < -0.3 is 19.9 Å². The van der Waals surface area contributed by atoms with Gasteiger partial charge >= 0.3 is 0 Å². The Morgan fingerprint density at radius 3 is 2.19 bits per heavy atom. The molecule has 31 heavy (non-hydrogen) atoms. The number of nitrogens with one attached hydrogen (secondary N) is 1. The summed E-state index contributed by atoms with van der Waals surface area (Å²) in [6.07, 6.45) is 2.16. The molecule has 0 aliphatic carbocycles. The lowest BCUT2D eigenvalue weighted by atomic mass is 10.1. The summed E-state index contributed by atoms with van der Waals surface area (Å²) in [6, 6.07) is 11.4. The molecule has 3 amide bonds. The van der Waals surface area contributed by atoms with Crippen LogP contribution in [0.4, 0.5) is 0 Å². The first-order chi connectivity index (χ1) is 15.1. The lowest BCUT2D eigenvalue weighted by Gasteiger charge is -2.35. The maximum atomic E-state index is 12.5. The Morgan fingerprint density at radius 2 is 1.61 bits per heavy atom. The Labute approximate surface area is 187 Å². The van der Waals surface area contributed by atoms with Crippen LogP contribution in [0.5, 0.6) is 5.75 Å². The molecule has 1 N–H and O–H groups in total. The largest absolute Gasteiger partial charge is 0.497 e. The molecule has 2 heterocycles. The van der Waals surface area contributed by atoms with Gasteiger partial charge in [-0.2, -0.15) is 0 Å². The number of hydrogen-bond donors (Lipinski definition) is 1. The molecule has 0 saturated carbocycles. The number of ether oxygens (including phenoxy) is 1. The minimum absolute atomic E-state index is 0.0794. The fraction of sp³-hybridized carbons (Fsp3) is 0.435. The van der Waals surface area contributed by atoms with E-state index in [-0.39, 0.29) is 17.7 Å². The molecule has 0 atom stereocenters. The number of aryl methyl sites for hydroxylation is 1. The van der Waals surface area contributed by atoms with Gasteiger partial charge in [-0.1, -0.05) is 18.2 Å². The Bertz CT molecular complexity index is 859. The normalized spacial score (nSPS) is 13.7. The number of nitrogens with zero attached hydrogens (tertiary/aromatic N) is 2. The smallest absolute Gasteiger partial charge is 0.261 e. The summed E-state index contributed by atoms with van der Waals surface area (Å²) in [7, 11) is 1.63. The van der Waals surface area contributed by atoms with Crippen molar-refractivity contribution in [2.24, 2.45) is 0 Å². The van der Waals surface area contributed by atoms with Crippen LogP contribution in [-0.4, -0.2) is 67.4 Å². The molecule has 8 heteroatoms. The molecule has 0 radical (unpaired) electrons. The fourth-order valence-corrected chi connectivity index (χ4v) is 4.14. The van der Waals surface area contributed by atoms with E-state index in [4.69, 9.17) is 4.74 Å². The van der Waals surface area contributed by atoms with Gasteiger partial charge in [0, 0.05) is 45.6 Å². The maximum absolute atomic E-state index is 12.5. The van der Waals surface area contributed by atoms with Gasteiger partial charge in [0.1, 0.15) is 5.75 Å². The molecule has 2 aromatic rings. The number of carbonyl (C=O) groups excluding carboxylic acids is 3. The van der Waals surface area contributed by atoms with Crippen LogP contribution in [0.1, 0.15) is 34.5 Å². The van der Waals surface area contributed by atoms with Crippen molar-refractivity contribution in [3.63, 3.8) is 0 Å². The van der Waals surface area contributed by atoms with Crippen LogP contribution in [0.2, 0.25) is 0 Å². The van der Waals surface area contributed by atoms with E-state index in [1.165, 1.54) is 11.3 Å². The van der Waals surface area contributed by atoms with Crippen LogP contribution in [0.25, 0.3) is 0 Å². The number of amides is 3. The van der Waals surface area contributed by atoms with Crippen molar-refractivity contribution < 1.29 is 19.1 Å². The third kappa shape index (κ3) is 6.82. The third-order valence-electron chi connectivity index (χ3n) is 5.37. The first-order valence-corrected chi connectivity index (χ1v) is 11.4. The molecule has 7 nitrogen and oxygen atoms in total. The first-order valence-electron chi connectivity index (χ1n) is 10.6. The molecule has 1 fully saturated rings. The highest BCUT2D eigenvalue weighted by Crippen LogP contribution is 2.14. The first kappa shape index (κ1) is 22.8. The van der Waals surface area contributed by atoms with E-state index >= 15 is 0 Å². The summed E-state index contributed by atoms with van der Waals surface area (Å²) in [5.41, 5.74) is 1.11. The predicted octanol–water partition coefficient (Wildman–Crippen LogP) is 2.57. The van der Waals surface area contributed by atoms with Crippen molar-refractivity contribution in [1.82, 2.24) is 15.1 Å². The van der Waals surface area contributed by atoms with Crippen molar-refractivity contribution in [3.8, 4) is 5.75 Å². The van der Waals surface area contributed by atoms with E-state index in [0.29, 0.717) is 63.3 Å². The SMILES string of the molecule is COc1ccc(CCC(=O)N2CCN(C(=O)CCCNC(=O)c3cccs3)CC2)cc1. The summed E-state index contributed by atoms with van der Waals surface area (Å²) in [5, 5.41) is 4.70. The van der Waals surface area contributed by atoms with Crippen LogP contribution >= 0.6 is 11.3 Å². The molecular formula is C23H29N3O4S. The highest BCUT2D eigenvalue weighted by atomic mass is 32.1. The van der Waals surface area contributed by atoms with Crippen LogP contribution in [-0.2, 0) is 16.0 Å². The van der Waals surface area contributed by atoms with E-state index in [2.05, 4.69) is 5.32 Å². The van der Waals surface area contributed by atoms with Crippen molar-refractivity contribution in [1.29, 1.82) is 0 Å². The number of rotatable bonds is 9. The minimum Gasteiger partial charge on any atom is -0.497 e. The maximum Gasteiger partial charge on any atom is 0.261 e. The van der Waals surface area contributed by atoms with Gasteiger partial charge in [-0.3, -0.25) is 14.4 Å². The number of piperazine rings is 1. The summed E-state index contributed by atoms with van der Waals surface area (Å²) in [5.74, 6) is 0.917. The molecule has 1 aliphatic rings. The zero-order valence-corrected chi connectivity index (χ0v) is 18.7. The Hall–Kier alpha value is -2.87. The van der Waals surface area contributed by atoms with Crippen LogP contribution in [0.3, 0.4) is 0 Å². The fourth-order valence-electron chi connectivity index (χ4n) is 3.50. The summed E-state index contributed by atoms with van der Waals surface area (Å²) >= 11 is 1.40. The summed E-state index contributed by atoms with van der Waals surface area (Å²) < 4.78 is 5.15. The van der Waals surface area contributed by atoms with Gasteiger partial charge in [-0.25, -0.2) is 0 Å². The average Bonchev–Trinajstić information content (AvgIpc) is 3.35. The van der Waals surface area contributed by atoms with Crippen molar-refractivity contribution in [2.45, 2.75) is 25.7 Å². The minimum atomic E-state index is -0.0933. The molecule has 3 rings (SSSR count). The third-order valence-corrected chi connectivity index (χ3v) is 6.24. The number of hydrogen-bond acceptors (Lipinski definition) is 5. The van der Waals surface area contributed by atoms with E-state index < -0.39 is 0 Å². The lowest BCUT2D eigenvalue weighted by Crippen LogP contribution is -2.50. The second-order valence-corrected chi connectivity index (χ2v) is 8.39. The highest BCUT2D eigenvalue weighted by molar-refractivity contribution is 7.12. The van der Waals surface area contributed by atoms with E-state index in [1.54, 1.807) is 13.2 Å². The van der Waals surface area contributed by atoms with Gasteiger partial charge in [0.15, 0.2) is 0 Å². The lowest BCUT2D eigenvalue weighted by molar-refractivity contribution is -0.139. The van der Waals surface area contributed by atoms with Gasteiger partial charge in [0.25, 0.3) is 5.91 Å². The summed E-state index contributed by atoms with van der Waals surface area (Å²) in [6.45, 7) is 2.75. The second kappa shape index (κ2) is 11.5.